The Labute approximate surface area is 177 Å². The minimum Gasteiger partial charge on any atom is -0.496 e. The first-order valence-electron chi connectivity index (χ1n) is 9.82. The van der Waals surface area contributed by atoms with Gasteiger partial charge in [-0.2, -0.15) is 11.8 Å². The van der Waals surface area contributed by atoms with Crippen molar-refractivity contribution in [3.63, 3.8) is 0 Å². The number of methoxy groups -OCH3 is 1. The molecule has 2 aromatic rings. The summed E-state index contributed by atoms with van der Waals surface area (Å²) >= 11 is 1.64. The number of carbonyl (C=O) groups excluding carboxylic acids is 2. The molecular formula is C23H30N2O3S. The monoisotopic (exact) mass is 414 g/mol. The highest BCUT2D eigenvalue weighted by molar-refractivity contribution is 7.98. The fraction of sp³-hybridized carbons (Fsp3) is 0.391. The van der Waals surface area contributed by atoms with Crippen LogP contribution in [0.2, 0.25) is 0 Å². The van der Waals surface area contributed by atoms with E-state index in [1.54, 1.807) is 36.0 Å². The molecule has 0 bridgehead atoms. The molecule has 29 heavy (non-hydrogen) atoms. The van der Waals surface area contributed by atoms with Gasteiger partial charge >= 0.3 is 0 Å². The minimum absolute atomic E-state index is 0.145. The zero-order chi connectivity index (χ0) is 21.2. The highest BCUT2D eigenvalue weighted by Gasteiger charge is 2.24. The van der Waals surface area contributed by atoms with Crippen LogP contribution in [-0.2, 0) is 11.2 Å². The van der Waals surface area contributed by atoms with Crippen molar-refractivity contribution in [2.45, 2.75) is 38.8 Å². The van der Waals surface area contributed by atoms with Crippen LogP contribution in [0, 0.1) is 0 Å². The van der Waals surface area contributed by atoms with Crippen molar-refractivity contribution in [2.24, 2.45) is 0 Å². The molecule has 0 aliphatic rings. The molecule has 6 heteroatoms. The van der Waals surface area contributed by atoms with Crippen molar-refractivity contribution in [2.75, 3.05) is 19.1 Å². The first-order chi connectivity index (χ1) is 14.0. The normalized spacial score (nSPS) is 12.7. The Morgan fingerprint density at radius 1 is 1.07 bits per heavy atom. The van der Waals surface area contributed by atoms with Crippen LogP contribution < -0.4 is 15.4 Å². The van der Waals surface area contributed by atoms with Gasteiger partial charge in [0.25, 0.3) is 5.91 Å². The first-order valence-corrected chi connectivity index (χ1v) is 11.2. The Balaban J connectivity index is 2.09. The molecule has 0 radical (unpaired) electrons. The Morgan fingerprint density at radius 3 is 2.38 bits per heavy atom. The third-order valence-corrected chi connectivity index (χ3v) is 5.47. The summed E-state index contributed by atoms with van der Waals surface area (Å²) < 4.78 is 5.27. The van der Waals surface area contributed by atoms with Gasteiger partial charge in [-0.05, 0) is 55.0 Å². The average molecular weight is 415 g/mol. The van der Waals surface area contributed by atoms with Crippen molar-refractivity contribution in [1.82, 2.24) is 10.6 Å². The number of amides is 2. The lowest BCUT2D eigenvalue weighted by Gasteiger charge is -2.22. The number of nitrogens with one attached hydrogen (secondary N) is 2. The minimum atomic E-state index is -0.614. The summed E-state index contributed by atoms with van der Waals surface area (Å²) in [5.41, 5.74) is 2.71. The van der Waals surface area contributed by atoms with Gasteiger partial charge in [-0.25, -0.2) is 0 Å². The van der Waals surface area contributed by atoms with E-state index in [1.807, 2.05) is 25.3 Å². The van der Waals surface area contributed by atoms with E-state index < -0.39 is 6.04 Å². The van der Waals surface area contributed by atoms with E-state index in [9.17, 15) is 9.59 Å². The molecule has 0 spiro atoms. The second kappa shape index (κ2) is 11.5. The molecular weight excluding hydrogens is 384 g/mol. The van der Waals surface area contributed by atoms with E-state index in [-0.39, 0.29) is 17.9 Å². The molecule has 0 fully saturated rings. The molecule has 0 aliphatic carbocycles. The number of benzene rings is 2. The molecule has 2 aromatic carbocycles. The molecule has 0 aliphatic heterocycles. The number of para-hydroxylation sites is 1. The number of aryl methyl sites for hydroxylation is 1. The van der Waals surface area contributed by atoms with Crippen LogP contribution in [-0.4, -0.2) is 37.0 Å². The highest BCUT2D eigenvalue weighted by atomic mass is 32.2. The number of hydrogen-bond donors (Lipinski definition) is 2. The van der Waals surface area contributed by atoms with E-state index in [1.165, 1.54) is 12.7 Å². The number of hydrogen-bond acceptors (Lipinski definition) is 4. The van der Waals surface area contributed by atoms with Gasteiger partial charge < -0.3 is 15.4 Å². The molecule has 2 amide bonds. The number of thioether (sulfide) groups is 1. The van der Waals surface area contributed by atoms with E-state index in [2.05, 4.69) is 29.7 Å². The van der Waals surface area contributed by atoms with Gasteiger partial charge in [0.2, 0.25) is 5.91 Å². The van der Waals surface area contributed by atoms with Crippen LogP contribution in [0.1, 0.15) is 47.8 Å². The molecule has 2 rings (SSSR count). The largest absolute Gasteiger partial charge is 0.496 e. The van der Waals surface area contributed by atoms with Crippen LogP contribution in [0.25, 0.3) is 0 Å². The molecule has 0 saturated heterocycles. The number of carbonyl (C=O) groups is 2. The van der Waals surface area contributed by atoms with Gasteiger partial charge in [0.1, 0.15) is 11.8 Å². The van der Waals surface area contributed by atoms with E-state index in [0.29, 0.717) is 17.7 Å². The van der Waals surface area contributed by atoms with Crippen LogP contribution >= 0.6 is 11.8 Å². The van der Waals surface area contributed by atoms with Gasteiger partial charge in [0.05, 0.1) is 18.7 Å². The summed E-state index contributed by atoms with van der Waals surface area (Å²) in [5, 5.41) is 5.91. The zero-order valence-electron chi connectivity index (χ0n) is 17.5. The third-order valence-electron chi connectivity index (χ3n) is 4.83. The molecule has 5 nitrogen and oxygen atoms in total. The first kappa shape index (κ1) is 22.8. The molecule has 156 valence electrons. The average Bonchev–Trinajstić information content (AvgIpc) is 2.76. The summed E-state index contributed by atoms with van der Waals surface area (Å²) in [7, 11) is 1.52. The lowest BCUT2D eigenvalue weighted by Crippen LogP contribution is -2.47. The van der Waals surface area contributed by atoms with Crippen molar-refractivity contribution in [1.29, 1.82) is 0 Å². The predicted molar refractivity (Wildman–Crippen MR) is 120 cm³/mol. The maximum Gasteiger partial charge on any atom is 0.255 e. The second-order valence-electron chi connectivity index (χ2n) is 6.83. The molecule has 2 atom stereocenters. The van der Waals surface area contributed by atoms with Gasteiger partial charge in [-0.1, -0.05) is 43.3 Å². The van der Waals surface area contributed by atoms with Gasteiger partial charge in [0, 0.05) is 0 Å². The smallest absolute Gasteiger partial charge is 0.255 e. The van der Waals surface area contributed by atoms with Crippen LogP contribution in [0.4, 0.5) is 0 Å². The number of ether oxygens (including phenoxy) is 1. The van der Waals surface area contributed by atoms with Crippen molar-refractivity contribution in [3.8, 4) is 5.75 Å². The van der Waals surface area contributed by atoms with Crippen LogP contribution in [0.15, 0.2) is 48.5 Å². The zero-order valence-corrected chi connectivity index (χ0v) is 18.3. The lowest BCUT2D eigenvalue weighted by molar-refractivity contribution is -0.123. The topological polar surface area (TPSA) is 67.4 Å². The quantitative estimate of drug-likeness (QED) is 0.617. The molecule has 0 heterocycles. The van der Waals surface area contributed by atoms with Gasteiger partial charge in [-0.3, -0.25) is 9.59 Å². The Kier molecular flexibility index (Phi) is 9.06. The lowest BCUT2D eigenvalue weighted by atomic mass is 10.0. The predicted octanol–water partition coefficient (Wildman–Crippen LogP) is 3.99. The van der Waals surface area contributed by atoms with Crippen molar-refractivity contribution in [3.05, 3.63) is 65.2 Å². The fourth-order valence-electron chi connectivity index (χ4n) is 3.01. The maximum absolute atomic E-state index is 12.9. The molecule has 0 saturated carbocycles. The summed E-state index contributed by atoms with van der Waals surface area (Å²) in [4.78, 5) is 25.7. The Morgan fingerprint density at radius 2 is 1.76 bits per heavy atom. The van der Waals surface area contributed by atoms with Gasteiger partial charge in [-0.15, -0.1) is 0 Å². The molecule has 2 N–H and O–H groups in total. The van der Waals surface area contributed by atoms with Crippen LogP contribution in [0.5, 0.6) is 5.75 Å². The molecule has 0 aromatic heterocycles. The van der Waals surface area contributed by atoms with E-state index >= 15 is 0 Å². The fourth-order valence-corrected chi connectivity index (χ4v) is 3.48. The Hall–Kier alpha value is -2.47. The summed E-state index contributed by atoms with van der Waals surface area (Å²) in [5.74, 6) is 0.751. The van der Waals surface area contributed by atoms with E-state index in [4.69, 9.17) is 4.74 Å². The summed E-state index contributed by atoms with van der Waals surface area (Å²) in [6.07, 6.45) is 3.51. The van der Waals surface area contributed by atoms with Crippen molar-refractivity contribution >= 4 is 23.6 Å². The standard InChI is InChI=1S/C23H30N2O3S/c1-5-17-10-12-18(13-11-17)16(2)24-23(27)20(14-15-29-4)25-22(26)19-8-6-7-9-21(19)28-3/h6-13,16,20H,5,14-15H2,1-4H3,(H,24,27)(H,25,26). The summed E-state index contributed by atoms with van der Waals surface area (Å²) in [6, 6.07) is 14.5. The van der Waals surface area contributed by atoms with E-state index in [0.717, 1.165) is 17.7 Å². The van der Waals surface area contributed by atoms with Crippen molar-refractivity contribution < 1.29 is 14.3 Å². The second-order valence-corrected chi connectivity index (χ2v) is 7.82. The Bertz CT molecular complexity index is 808. The van der Waals surface area contributed by atoms with Crippen LogP contribution in [0.3, 0.4) is 0 Å². The maximum atomic E-state index is 12.9. The highest BCUT2D eigenvalue weighted by Crippen LogP contribution is 2.18. The third kappa shape index (κ3) is 6.53. The summed E-state index contributed by atoms with van der Waals surface area (Å²) in [6.45, 7) is 4.06. The van der Waals surface area contributed by atoms with Gasteiger partial charge in [0.15, 0.2) is 0 Å². The SMILES string of the molecule is CCc1ccc(C(C)NC(=O)C(CCSC)NC(=O)c2ccccc2OC)cc1. The number of rotatable bonds is 10. The molecule has 2 unspecified atom stereocenters.